The van der Waals surface area contributed by atoms with Gasteiger partial charge in [-0.3, -0.25) is 0 Å². The molecule has 0 fully saturated rings. The molecular weight excluding hydrogens is 196 g/mol. The van der Waals surface area contributed by atoms with Crippen molar-refractivity contribution in [2.24, 2.45) is 0 Å². The Morgan fingerprint density at radius 1 is 1.57 bits per heavy atom. The monoisotopic (exact) mass is 208 g/mol. The fourth-order valence-corrected chi connectivity index (χ4v) is 1.91. The van der Waals surface area contributed by atoms with Crippen molar-refractivity contribution in [2.45, 2.75) is 13.1 Å². The van der Waals surface area contributed by atoms with Gasteiger partial charge in [-0.25, -0.2) is 4.68 Å². The van der Waals surface area contributed by atoms with E-state index in [2.05, 4.69) is 32.5 Å². The summed E-state index contributed by atoms with van der Waals surface area (Å²) in [6.45, 7) is 1.57. The minimum absolute atomic E-state index is 0.767. The normalized spacial score (nSPS) is 10.6. The van der Waals surface area contributed by atoms with Crippen LogP contribution in [0.4, 0.5) is 0 Å². The molecule has 0 saturated heterocycles. The van der Waals surface area contributed by atoms with Crippen LogP contribution in [0.2, 0.25) is 0 Å². The van der Waals surface area contributed by atoms with E-state index in [9.17, 15) is 0 Å². The molecule has 2 heterocycles. The van der Waals surface area contributed by atoms with Crippen molar-refractivity contribution in [2.75, 3.05) is 7.05 Å². The predicted octanol–water partition coefficient (Wildman–Crippen LogP) is 1.11. The van der Waals surface area contributed by atoms with Gasteiger partial charge in [-0.15, -0.1) is 5.10 Å². The summed E-state index contributed by atoms with van der Waals surface area (Å²) in [6.07, 6.45) is 1.97. The molecule has 74 valence electrons. The van der Waals surface area contributed by atoms with Gasteiger partial charge in [0.2, 0.25) is 0 Å². The van der Waals surface area contributed by atoms with Gasteiger partial charge in [0.05, 0.1) is 18.4 Å². The van der Waals surface area contributed by atoms with Crippen LogP contribution in [0, 0.1) is 0 Å². The Balaban J connectivity index is 2.03. The number of nitrogens with one attached hydrogen (secondary N) is 1. The quantitative estimate of drug-likeness (QED) is 0.818. The lowest BCUT2D eigenvalue weighted by molar-refractivity contribution is 0.650. The Morgan fingerprint density at radius 2 is 2.50 bits per heavy atom. The third-order valence-electron chi connectivity index (χ3n) is 1.87. The molecule has 0 atom stereocenters. The summed E-state index contributed by atoms with van der Waals surface area (Å²) in [5.74, 6) is 0. The summed E-state index contributed by atoms with van der Waals surface area (Å²) in [7, 11) is 1.90. The molecule has 2 rings (SSSR count). The van der Waals surface area contributed by atoms with E-state index in [1.807, 2.05) is 17.9 Å². The first-order valence-electron chi connectivity index (χ1n) is 4.43. The largest absolute Gasteiger partial charge is 0.314 e. The number of rotatable bonds is 4. The van der Waals surface area contributed by atoms with E-state index in [1.165, 1.54) is 5.56 Å². The molecule has 4 nitrogen and oxygen atoms in total. The van der Waals surface area contributed by atoms with Crippen molar-refractivity contribution >= 4 is 11.3 Å². The van der Waals surface area contributed by atoms with E-state index in [1.54, 1.807) is 11.3 Å². The average molecular weight is 208 g/mol. The van der Waals surface area contributed by atoms with E-state index in [0.29, 0.717) is 0 Å². The van der Waals surface area contributed by atoms with Crippen LogP contribution in [0.5, 0.6) is 0 Å². The van der Waals surface area contributed by atoms with Crippen molar-refractivity contribution in [3.05, 3.63) is 34.3 Å². The van der Waals surface area contributed by atoms with Crippen LogP contribution >= 0.6 is 11.3 Å². The van der Waals surface area contributed by atoms with E-state index in [-0.39, 0.29) is 0 Å². The molecular formula is C9H12N4S. The number of aromatic nitrogens is 3. The van der Waals surface area contributed by atoms with E-state index in [0.717, 1.165) is 18.8 Å². The second kappa shape index (κ2) is 4.34. The van der Waals surface area contributed by atoms with Gasteiger partial charge >= 0.3 is 0 Å². The Bertz CT molecular complexity index is 379. The fraction of sp³-hybridized carbons (Fsp3) is 0.333. The van der Waals surface area contributed by atoms with Crippen LogP contribution in [0.15, 0.2) is 23.0 Å². The van der Waals surface area contributed by atoms with Crippen molar-refractivity contribution < 1.29 is 0 Å². The lowest BCUT2D eigenvalue weighted by Gasteiger charge is -1.95. The zero-order valence-corrected chi connectivity index (χ0v) is 8.79. The summed E-state index contributed by atoms with van der Waals surface area (Å²) < 4.78 is 1.86. The third-order valence-corrected chi connectivity index (χ3v) is 2.60. The van der Waals surface area contributed by atoms with Crippen LogP contribution in [-0.4, -0.2) is 22.0 Å². The second-order valence-electron chi connectivity index (χ2n) is 3.07. The zero-order valence-electron chi connectivity index (χ0n) is 7.97. The van der Waals surface area contributed by atoms with Crippen molar-refractivity contribution in [3.63, 3.8) is 0 Å². The fourth-order valence-electron chi connectivity index (χ4n) is 1.25. The first kappa shape index (κ1) is 9.36. The third kappa shape index (κ3) is 2.18. The summed E-state index contributed by atoms with van der Waals surface area (Å²) >= 11 is 1.70. The molecule has 5 heteroatoms. The number of thiophene rings is 1. The molecule has 0 radical (unpaired) electrons. The Morgan fingerprint density at radius 3 is 3.21 bits per heavy atom. The lowest BCUT2D eigenvalue weighted by Crippen LogP contribution is -2.05. The molecule has 0 amide bonds. The van der Waals surface area contributed by atoms with Gasteiger partial charge in [0, 0.05) is 6.54 Å². The van der Waals surface area contributed by atoms with Crippen molar-refractivity contribution in [1.29, 1.82) is 0 Å². The average Bonchev–Trinajstić information content (AvgIpc) is 2.79. The highest BCUT2D eigenvalue weighted by Crippen LogP contribution is 2.07. The SMILES string of the molecule is CNCc1cn(Cc2ccsc2)nn1. The Labute approximate surface area is 86.6 Å². The molecule has 2 aromatic heterocycles. The smallest absolute Gasteiger partial charge is 0.0964 e. The standard InChI is InChI=1S/C9H12N4S/c1-10-4-9-6-13(12-11-9)5-8-2-3-14-7-8/h2-3,6-7,10H,4-5H2,1H3. The summed E-state index contributed by atoms with van der Waals surface area (Å²) in [5, 5.41) is 15.3. The van der Waals surface area contributed by atoms with Crippen LogP contribution in [0.25, 0.3) is 0 Å². The summed E-state index contributed by atoms with van der Waals surface area (Å²) in [6, 6.07) is 2.10. The predicted molar refractivity (Wildman–Crippen MR) is 56.2 cm³/mol. The first-order valence-corrected chi connectivity index (χ1v) is 5.37. The zero-order chi connectivity index (χ0) is 9.80. The van der Waals surface area contributed by atoms with Crippen LogP contribution in [0.1, 0.15) is 11.3 Å². The molecule has 0 unspecified atom stereocenters. The van der Waals surface area contributed by atoms with Gasteiger partial charge in [-0.05, 0) is 29.4 Å². The molecule has 0 aromatic carbocycles. The lowest BCUT2D eigenvalue weighted by atomic mass is 10.3. The van der Waals surface area contributed by atoms with E-state index < -0.39 is 0 Å². The molecule has 0 spiro atoms. The topological polar surface area (TPSA) is 42.7 Å². The number of nitrogens with zero attached hydrogens (tertiary/aromatic N) is 3. The van der Waals surface area contributed by atoms with Crippen molar-refractivity contribution in [3.8, 4) is 0 Å². The van der Waals surface area contributed by atoms with Gasteiger partial charge in [-0.1, -0.05) is 5.21 Å². The van der Waals surface area contributed by atoms with Gasteiger partial charge in [0.25, 0.3) is 0 Å². The highest BCUT2D eigenvalue weighted by atomic mass is 32.1. The van der Waals surface area contributed by atoms with Crippen LogP contribution < -0.4 is 5.32 Å². The maximum absolute atomic E-state index is 4.04. The number of hydrogen-bond acceptors (Lipinski definition) is 4. The summed E-state index contributed by atoms with van der Waals surface area (Å²) in [4.78, 5) is 0. The molecule has 2 aromatic rings. The molecule has 0 bridgehead atoms. The van der Waals surface area contributed by atoms with Gasteiger partial charge < -0.3 is 5.32 Å². The van der Waals surface area contributed by atoms with E-state index in [4.69, 9.17) is 0 Å². The van der Waals surface area contributed by atoms with Crippen LogP contribution in [0.3, 0.4) is 0 Å². The van der Waals surface area contributed by atoms with Gasteiger partial charge in [-0.2, -0.15) is 11.3 Å². The maximum Gasteiger partial charge on any atom is 0.0964 e. The van der Waals surface area contributed by atoms with Gasteiger partial charge in [0.15, 0.2) is 0 Å². The highest BCUT2D eigenvalue weighted by Gasteiger charge is 2.00. The van der Waals surface area contributed by atoms with Crippen molar-refractivity contribution in [1.82, 2.24) is 20.3 Å². The minimum atomic E-state index is 0.767. The molecule has 0 aliphatic rings. The molecule has 14 heavy (non-hydrogen) atoms. The maximum atomic E-state index is 4.04. The first-order chi connectivity index (χ1) is 6.88. The minimum Gasteiger partial charge on any atom is -0.314 e. The number of hydrogen-bond donors (Lipinski definition) is 1. The van der Waals surface area contributed by atoms with Crippen LogP contribution in [-0.2, 0) is 13.1 Å². The van der Waals surface area contributed by atoms with Gasteiger partial charge in [0.1, 0.15) is 0 Å². The Kier molecular flexibility index (Phi) is 2.90. The molecule has 0 aliphatic carbocycles. The molecule has 0 aliphatic heterocycles. The molecule has 0 saturated carbocycles. The highest BCUT2D eigenvalue weighted by molar-refractivity contribution is 7.07. The molecule has 1 N–H and O–H groups in total. The second-order valence-corrected chi connectivity index (χ2v) is 3.85. The Hall–Kier alpha value is -1.20. The summed E-state index contributed by atoms with van der Waals surface area (Å²) in [5.41, 5.74) is 2.25. The van der Waals surface area contributed by atoms with E-state index >= 15 is 0 Å².